The van der Waals surface area contributed by atoms with E-state index in [1.54, 1.807) is 0 Å². The Hall–Kier alpha value is -1.25. The Balaban J connectivity index is 2.16. The van der Waals surface area contributed by atoms with E-state index in [0.717, 1.165) is 0 Å². The van der Waals surface area contributed by atoms with E-state index in [1.807, 2.05) is 0 Å². The molecule has 116 valence electrons. The van der Waals surface area contributed by atoms with E-state index in [1.165, 1.54) is 31.2 Å². The second-order valence-electron chi connectivity index (χ2n) is 5.16. The summed E-state index contributed by atoms with van der Waals surface area (Å²) in [5.74, 6) is -0.207. The standard InChI is InChI=1S/C13H17NO5S2/c1-10(15)11-4-6-13(7-5-11)21(18,19)14-12-3-2-8-20(16,17)9-12/h4-7,12,14H,2-3,8-9H2,1H3. The van der Waals surface area contributed by atoms with Crippen molar-refractivity contribution >= 4 is 25.6 Å². The van der Waals surface area contributed by atoms with Crippen molar-refractivity contribution in [2.75, 3.05) is 11.5 Å². The van der Waals surface area contributed by atoms with E-state index in [0.29, 0.717) is 18.4 Å². The van der Waals surface area contributed by atoms with Gasteiger partial charge < -0.3 is 0 Å². The highest BCUT2D eigenvalue weighted by Crippen LogP contribution is 2.16. The molecule has 1 aromatic rings. The maximum absolute atomic E-state index is 12.2. The molecule has 1 aliphatic heterocycles. The summed E-state index contributed by atoms with van der Waals surface area (Å²) in [6, 6.07) is 4.97. The fourth-order valence-corrected chi connectivity index (χ4v) is 5.28. The predicted molar refractivity (Wildman–Crippen MR) is 78.4 cm³/mol. The minimum atomic E-state index is -3.78. The third-order valence-corrected chi connectivity index (χ3v) is 6.71. The van der Waals surface area contributed by atoms with Crippen LogP contribution in [0.5, 0.6) is 0 Å². The number of ketones is 1. The van der Waals surface area contributed by atoms with Gasteiger partial charge in [0.05, 0.1) is 16.4 Å². The van der Waals surface area contributed by atoms with Gasteiger partial charge in [0, 0.05) is 11.6 Å². The van der Waals surface area contributed by atoms with Crippen LogP contribution in [0.3, 0.4) is 0 Å². The summed E-state index contributed by atoms with van der Waals surface area (Å²) in [4.78, 5) is 11.2. The van der Waals surface area contributed by atoms with Crippen molar-refractivity contribution in [1.29, 1.82) is 0 Å². The van der Waals surface area contributed by atoms with Crippen LogP contribution in [0.25, 0.3) is 0 Å². The van der Waals surface area contributed by atoms with E-state index in [2.05, 4.69) is 4.72 Å². The summed E-state index contributed by atoms with van der Waals surface area (Å²) in [7, 11) is -6.95. The minimum Gasteiger partial charge on any atom is -0.295 e. The Morgan fingerprint density at radius 1 is 1.24 bits per heavy atom. The number of hydrogen-bond donors (Lipinski definition) is 1. The van der Waals surface area contributed by atoms with E-state index in [4.69, 9.17) is 0 Å². The summed E-state index contributed by atoms with van der Waals surface area (Å²) in [6.45, 7) is 1.40. The molecule has 2 rings (SSSR count). The fraction of sp³-hybridized carbons (Fsp3) is 0.462. The normalized spacial score (nSPS) is 21.9. The monoisotopic (exact) mass is 331 g/mol. The van der Waals surface area contributed by atoms with Gasteiger partial charge >= 0.3 is 0 Å². The molecule has 8 heteroatoms. The Morgan fingerprint density at radius 3 is 2.38 bits per heavy atom. The van der Waals surface area contributed by atoms with Gasteiger partial charge in [-0.3, -0.25) is 4.79 Å². The van der Waals surface area contributed by atoms with Crippen LogP contribution in [0.1, 0.15) is 30.1 Å². The summed E-state index contributed by atoms with van der Waals surface area (Å²) in [5, 5.41) is 0. The van der Waals surface area contributed by atoms with E-state index in [9.17, 15) is 21.6 Å². The predicted octanol–water partition coefficient (Wildman–Crippen LogP) is 0.745. The van der Waals surface area contributed by atoms with E-state index >= 15 is 0 Å². The number of benzene rings is 1. The molecule has 0 spiro atoms. The summed E-state index contributed by atoms with van der Waals surface area (Å²) in [5.41, 5.74) is 0.425. The molecule has 1 unspecified atom stereocenters. The number of rotatable bonds is 4. The smallest absolute Gasteiger partial charge is 0.240 e. The van der Waals surface area contributed by atoms with Crippen molar-refractivity contribution in [3.8, 4) is 0 Å². The van der Waals surface area contributed by atoms with Crippen molar-refractivity contribution in [2.45, 2.75) is 30.7 Å². The van der Waals surface area contributed by atoms with Gasteiger partial charge in [0.15, 0.2) is 15.6 Å². The Kier molecular flexibility index (Phi) is 4.50. The maximum atomic E-state index is 12.2. The first kappa shape index (κ1) is 16.1. The van der Waals surface area contributed by atoms with Gasteiger partial charge in [-0.2, -0.15) is 0 Å². The largest absolute Gasteiger partial charge is 0.295 e. The number of hydrogen-bond acceptors (Lipinski definition) is 5. The van der Waals surface area contributed by atoms with Gasteiger partial charge in [-0.25, -0.2) is 21.6 Å². The third-order valence-electron chi connectivity index (χ3n) is 3.36. The van der Waals surface area contributed by atoms with Gasteiger partial charge in [-0.05, 0) is 31.9 Å². The Morgan fingerprint density at radius 2 is 1.86 bits per heavy atom. The number of nitrogens with one attached hydrogen (secondary N) is 1. The highest BCUT2D eigenvalue weighted by molar-refractivity contribution is 7.91. The fourth-order valence-electron chi connectivity index (χ4n) is 2.27. The highest BCUT2D eigenvalue weighted by Gasteiger charge is 2.28. The van der Waals surface area contributed by atoms with E-state index in [-0.39, 0.29) is 22.2 Å². The maximum Gasteiger partial charge on any atom is 0.240 e. The van der Waals surface area contributed by atoms with Crippen LogP contribution >= 0.6 is 0 Å². The molecule has 0 saturated carbocycles. The second kappa shape index (κ2) is 5.86. The van der Waals surface area contributed by atoms with Crippen LogP contribution in [0.4, 0.5) is 0 Å². The van der Waals surface area contributed by atoms with Gasteiger partial charge in [0.2, 0.25) is 10.0 Å². The highest BCUT2D eigenvalue weighted by atomic mass is 32.2. The number of carbonyl (C=O) groups excluding carboxylic acids is 1. The molecule has 6 nitrogen and oxygen atoms in total. The summed E-state index contributed by atoms with van der Waals surface area (Å²) in [6.07, 6.45) is 0.961. The number of sulfone groups is 1. The lowest BCUT2D eigenvalue weighted by Gasteiger charge is -2.22. The molecule has 0 radical (unpaired) electrons. The number of sulfonamides is 1. The molecule has 0 aliphatic carbocycles. The first-order valence-electron chi connectivity index (χ1n) is 6.53. The quantitative estimate of drug-likeness (QED) is 0.821. The molecule has 1 aromatic carbocycles. The topological polar surface area (TPSA) is 97.4 Å². The Bertz CT molecular complexity index is 735. The number of Topliss-reactive ketones (excluding diaryl/α,β-unsaturated/α-hetero) is 1. The molecule has 1 saturated heterocycles. The van der Waals surface area contributed by atoms with Crippen molar-refractivity contribution in [2.24, 2.45) is 0 Å². The molecule has 0 aromatic heterocycles. The van der Waals surface area contributed by atoms with Crippen LogP contribution in [0, 0.1) is 0 Å². The summed E-state index contributed by atoms with van der Waals surface area (Å²) < 4.78 is 49.9. The lowest BCUT2D eigenvalue weighted by atomic mass is 10.2. The summed E-state index contributed by atoms with van der Waals surface area (Å²) >= 11 is 0. The van der Waals surface area contributed by atoms with Crippen LogP contribution in [0.2, 0.25) is 0 Å². The lowest BCUT2D eigenvalue weighted by molar-refractivity contribution is 0.101. The van der Waals surface area contributed by atoms with Crippen LogP contribution in [0.15, 0.2) is 29.2 Å². The van der Waals surface area contributed by atoms with Gasteiger partial charge in [-0.1, -0.05) is 12.1 Å². The number of carbonyl (C=O) groups is 1. The van der Waals surface area contributed by atoms with Crippen LogP contribution in [-0.4, -0.2) is 40.2 Å². The van der Waals surface area contributed by atoms with Crippen LogP contribution < -0.4 is 4.72 Å². The van der Waals surface area contributed by atoms with Crippen LogP contribution in [-0.2, 0) is 19.9 Å². The molecule has 1 N–H and O–H groups in total. The van der Waals surface area contributed by atoms with Crippen molar-refractivity contribution in [1.82, 2.24) is 4.72 Å². The molecule has 1 heterocycles. The van der Waals surface area contributed by atoms with Gasteiger partial charge in [0.25, 0.3) is 0 Å². The minimum absolute atomic E-state index is 0.0236. The van der Waals surface area contributed by atoms with Crippen molar-refractivity contribution in [3.63, 3.8) is 0 Å². The van der Waals surface area contributed by atoms with Crippen molar-refractivity contribution in [3.05, 3.63) is 29.8 Å². The average Bonchev–Trinajstić information content (AvgIpc) is 2.37. The lowest BCUT2D eigenvalue weighted by Crippen LogP contribution is -2.43. The molecule has 1 atom stereocenters. The second-order valence-corrected chi connectivity index (χ2v) is 9.10. The molecule has 0 amide bonds. The molecule has 0 bridgehead atoms. The first-order valence-corrected chi connectivity index (χ1v) is 9.84. The molecular formula is C13H17NO5S2. The third kappa shape index (κ3) is 4.12. The molecule has 1 aliphatic rings. The van der Waals surface area contributed by atoms with Crippen molar-refractivity contribution < 1.29 is 21.6 Å². The molecule has 21 heavy (non-hydrogen) atoms. The zero-order chi connectivity index (χ0) is 15.7. The van der Waals surface area contributed by atoms with Gasteiger partial charge in [0.1, 0.15) is 0 Å². The zero-order valence-corrected chi connectivity index (χ0v) is 13.2. The van der Waals surface area contributed by atoms with Gasteiger partial charge in [-0.15, -0.1) is 0 Å². The average molecular weight is 331 g/mol. The SMILES string of the molecule is CC(=O)c1ccc(S(=O)(=O)NC2CCCS(=O)(=O)C2)cc1. The van der Waals surface area contributed by atoms with E-state index < -0.39 is 25.9 Å². The first-order chi connectivity index (χ1) is 9.70. The molecule has 1 fully saturated rings. The zero-order valence-electron chi connectivity index (χ0n) is 11.6. The molecular weight excluding hydrogens is 314 g/mol. The Labute approximate surface area is 124 Å².